The fraction of sp³-hybridized carbons (Fsp3) is 0.727. The number of carbonyl (C=O) groups is 3. The molecule has 0 aromatic heterocycles. The molecule has 0 bridgehead atoms. The molecule has 1 fully saturated rings. The molecule has 0 aromatic rings. The average Bonchev–Trinajstić information content (AvgIpc) is 2.37. The van der Waals surface area contributed by atoms with Crippen LogP contribution in [0.5, 0.6) is 0 Å². The molecule has 1 aliphatic rings. The molecule has 2 amide bonds. The number of amides is 2. The molecule has 1 aliphatic heterocycles. The maximum Gasteiger partial charge on any atom is 0.428 e. The lowest BCUT2D eigenvalue weighted by molar-refractivity contribution is -0.151. The number of hydrogen-bond acceptors (Lipinski definition) is 5. The van der Waals surface area contributed by atoms with E-state index in [1.54, 1.807) is 0 Å². The summed E-state index contributed by atoms with van der Waals surface area (Å²) in [7, 11) is 1.25. The first-order valence-corrected chi connectivity index (χ1v) is 5.90. The van der Waals surface area contributed by atoms with Crippen LogP contribution in [0.3, 0.4) is 0 Å². The predicted octanol–water partition coefficient (Wildman–Crippen LogP) is 0.449. The van der Waals surface area contributed by atoms with Gasteiger partial charge < -0.3 is 9.47 Å². The highest BCUT2D eigenvalue weighted by Crippen LogP contribution is 2.13. The van der Waals surface area contributed by atoms with Gasteiger partial charge in [-0.2, -0.15) is 0 Å². The molecule has 1 heterocycles. The molecular formula is C11H18N2O5. The first-order chi connectivity index (χ1) is 8.58. The Morgan fingerprint density at radius 2 is 2.22 bits per heavy atom. The summed E-state index contributed by atoms with van der Waals surface area (Å²) in [6.07, 6.45) is 1.04. The number of nitrogens with one attached hydrogen (secondary N) is 1. The standard InChI is InChI=1S/C11H18N2O5/c1-3-4-5-18-11(16)13-7-8(10(15)17-2)6-9(14)12-13/h8H,3-7H2,1-2H3,(H,12,14). The van der Waals surface area contributed by atoms with Crippen molar-refractivity contribution in [3.05, 3.63) is 0 Å². The first kappa shape index (κ1) is 14.3. The Morgan fingerprint density at radius 3 is 2.83 bits per heavy atom. The van der Waals surface area contributed by atoms with Gasteiger partial charge in [0.05, 0.1) is 26.2 Å². The van der Waals surface area contributed by atoms with Crippen molar-refractivity contribution in [3.8, 4) is 0 Å². The third-order valence-electron chi connectivity index (χ3n) is 2.57. The van der Waals surface area contributed by atoms with E-state index in [0.29, 0.717) is 6.61 Å². The Labute approximate surface area is 105 Å². The van der Waals surface area contributed by atoms with Crippen LogP contribution >= 0.6 is 0 Å². The number of rotatable bonds is 4. The number of nitrogens with zero attached hydrogens (tertiary/aromatic N) is 1. The number of methoxy groups -OCH3 is 1. The van der Waals surface area contributed by atoms with Crippen molar-refractivity contribution < 1.29 is 23.9 Å². The fourth-order valence-corrected chi connectivity index (χ4v) is 1.58. The lowest BCUT2D eigenvalue weighted by Crippen LogP contribution is -2.54. The number of esters is 1. The van der Waals surface area contributed by atoms with Gasteiger partial charge in [0.25, 0.3) is 0 Å². The van der Waals surface area contributed by atoms with Gasteiger partial charge in [0.1, 0.15) is 0 Å². The minimum atomic E-state index is -0.648. The highest BCUT2D eigenvalue weighted by molar-refractivity contribution is 5.86. The molecule has 102 valence electrons. The molecule has 1 rings (SSSR count). The molecule has 0 spiro atoms. The summed E-state index contributed by atoms with van der Waals surface area (Å²) in [6, 6.07) is 0. The zero-order chi connectivity index (χ0) is 13.5. The lowest BCUT2D eigenvalue weighted by atomic mass is 10.0. The molecule has 0 radical (unpaired) electrons. The van der Waals surface area contributed by atoms with Gasteiger partial charge in [-0.15, -0.1) is 0 Å². The fourth-order valence-electron chi connectivity index (χ4n) is 1.58. The van der Waals surface area contributed by atoms with Crippen LogP contribution < -0.4 is 5.43 Å². The SMILES string of the molecule is CCCCOC(=O)N1CC(C(=O)OC)CC(=O)N1. The zero-order valence-electron chi connectivity index (χ0n) is 10.6. The minimum absolute atomic E-state index is 0.0193. The highest BCUT2D eigenvalue weighted by atomic mass is 16.6. The van der Waals surface area contributed by atoms with Gasteiger partial charge in [0.2, 0.25) is 5.91 Å². The van der Waals surface area contributed by atoms with Crippen LogP contribution in [0.2, 0.25) is 0 Å². The first-order valence-electron chi connectivity index (χ1n) is 5.90. The van der Waals surface area contributed by atoms with Crippen LogP contribution in [-0.4, -0.2) is 43.2 Å². The van der Waals surface area contributed by atoms with E-state index in [1.807, 2.05) is 6.92 Å². The Bertz CT molecular complexity index is 331. The summed E-state index contributed by atoms with van der Waals surface area (Å²) in [5.41, 5.74) is 2.36. The van der Waals surface area contributed by atoms with Gasteiger partial charge in [0, 0.05) is 6.42 Å². The van der Waals surface area contributed by atoms with Crippen LogP contribution in [-0.2, 0) is 19.1 Å². The van der Waals surface area contributed by atoms with Crippen molar-refractivity contribution in [2.24, 2.45) is 5.92 Å². The van der Waals surface area contributed by atoms with Crippen molar-refractivity contribution >= 4 is 18.0 Å². The van der Waals surface area contributed by atoms with E-state index < -0.39 is 23.9 Å². The molecule has 1 atom stereocenters. The molecule has 1 saturated heterocycles. The van der Waals surface area contributed by atoms with Crippen molar-refractivity contribution in [1.82, 2.24) is 10.4 Å². The van der Waals surface area contributed by atoms with E-state index in [-0.39, 0.29) is 13.0 Å². The summed E-state index contributed by atoms with van der Waals surface area (Å²) < 4.78 is 9.52. The van der Waals surface area contributed by atoms with Crippen LogP contribution in [0.15, 0.2) is 0 Å². The van der Waals surface area contributed by atoms with Crippen molar-refractivity contribution in [2.45, 2.75) is 26.2 Å². The second-order valence-electron chi connectivity index (χ2n) is 4.04. The summed E-state index contributed by atoms with van der Waals surface area (Å²) in [6.45, 7) is 2.34. The maximum atomic E-state index is 11.6. The number of carbonyl (C=O) groups excluding carboxylic acids is 3. The Morgan fingerprint density at radius 1 is 1.50 bits per heavy atom. The smallest absolute Gasteiger partial charge is 0.428 e. The van der Waals surface area contributed by atoms with Gasteiger partial charge in [-0.1, -0.05) is 13.3 Å². The van der Waals surface area contributed by atoms with E-state index in [9.17, 15) is 14.4 Å². The summed E-state index contributed by atoms with van der Waals surface area (Å²) >= 11 is 0. The average molecular weight is 258 g/mol. The van der Waals surface area contributed by atoms with E-state index >= 15 is 0 Å². The summed E-state index contributed by atoms with van der Waals surface area (Å²) in [5, 5.41) is 1.02. The van der Waals surface area contributed by atoms with Crippen molar-refractivity contribution in [1.29, 1.82) is 0 Å². The van der Waals surface area contributed by atoms with Crippen LogP contribution in [0.25, 0.3) is 0 Å². The number of ether oxygens (including phenoxy) is 2. The Hall–Kier alpha value is -1.79. The highest BCUT2D eigenvalue weighted by Gasteiger charge is 2.33. The molecule has 18 heavy (non-hydrogen) atoms. The van der Waals surface area contributed by atoms with Gasteiger partial charge in [-0.05, 0) is 6.42 Å². The molecule has 0 saturated carbocycles. The number of hydrogen-bond donors (Lipinski definition) is 1. The van der Waals surface area contributed by atoms with Crippen LogP contribution in [0.1, 0.15) is 26.2 Å². The monoisotopic (exact) mass is 258 g/mol. The van der Waals surface area contributed by atoms with Crippen molar-refractivity contribution in [2.75, 3.05) is 20.3 Å². The van der Waals surface area contributed by atoms with Gasteiger partial charge in [-0.3, -0.25) is 15.0 Å². The molecule has 1 N–H and O–H groups in total. The lowest BCUT2D eigenvalue weighted by Gasteiger charge is -2.30. The molecule has 7 nitrogen and oxygen atoms in total. The normalized spacial score (nSPS) is 19.1. The molecular weight excluding hydrogens is 240 g/mol. The van der Waals surface area contributed by atoms with Gasteiger partial charge in [-0.25, -0.2) is 9.80 Å². The third kappa shape index (κ3) is 3.90. The van der Waals surface area contributed by atoms with Crippen LogP contribution in [0.4, 0.5) is 4.79 Å². The summed E-state index contributed by atoms with van der Waals surface area (Å²) in [4.78, 5) is 34.3. The van der Waals surface area contributed by atoms with E-state index in [4.69, 9.17) is 4.74 Å². The third-order valence-corrected chi connectivity index (χ3v) is 2.57. The second kappa shape index (κ2) is 6.83. The predicted molar refractivity (Wildman–Crippen MR) is 61.2 cm³/mol. The van der Waals surface area contributed by atoms with Crippen LogP contribution in [0, 0.1) is 5.92 Å². The summed E-state index contributed by atoms with van der Waals surface area (Å²) in [5.74, 6) is -1.54. The topological polar surface area (TPSA) is 84.9 Å². The number of hydrazine groups is 1. The molecule has 0 aromatic carbocycles. The maximum absolute atomic E-state index is 11.6. The van der Waals surface area contributed by atoms with Gasteiger partial charge in [0.15, 0.2) is 0 Å². The van der Waals surface area contributed by atoms with Crippen molar-refractivity contribution in [3.63, 3.8) is 0 Å². The Balaban J connectivity index is 2.52. The molecule has 7 heteroatoms. The molecule has 0 aliphatic carbocycles. The second-order valence-corrected chi connectivity index (χ2v) is 4.04. The van der Waals surface area contributed by atoms with E-state index in [2.05, 4.69) is 10.2 Å². The minimum Gasteiger partial charge on any atom is -0.469 e. The Kier molecular flexibility index (Phi) is 5.41. The quantitative estimate of drug-likeness (QED) is 0.584. The van der Waals surface area contributed by atoms with E-state index in [0.717, 1.165) is 17.9 Å². The number of unbranched alkanes of at least 4 members (excludes halogenated alkanes) is 1. The largest absolute Gasteiger partial charge is 0.469 e. The zero-order valence-corrected chi connectivity index (χ0v) is 10.6. The molecule has 1 unspecified atom stereocenters. The van der Waals surface area contributed by atoms with E-state index in [1.165, 1.54) is 7.11 Å². The van der Waals surface area contributed by atoms with Gasteiger partial charge >= 0.3 is 12.1 Å².